The summed E-state index contributed by atoms with van der Waals surface area (Å²) in [6.45, 7) is 10.4. The number of piperidine rings is 1. The van der Waals surface area contributed by atoms with Gasteiger partial charge in [-0.3, -0.25) is 0 Å². The van der Waals surface area contributed by atoms with Crippen molar-refractivity contribution in [2.45, 2.75) is 26.7 Å². The Bertz CT molecular complexity index is 726. The Morgan fingerprint density at radius 1 is 0.923 bits per heavy atom. The number of aryl methyl sites for hydroxylation is 1. The third-order valence-electron chi connectivity index (χ3n) is 5.35. The van der Waals surface area contributed by atoms with Crippen LogP contribution in [0.15, 0.2) is 30.5 Å². The molecule has 0 aliphatic carbocycles. The summed E-state index contributed by atoms with van der Waals surface area (Å²) in [5, 5.41) is 0. The predicted octanol–water partition coefficient (Wildman–Crippen LogP) is 2.74. The third kappa shape index (κ3) is 3.74. The van der Waals surface area contributed by atoms with E-state index in [1.165, 1.54) is 12.8 Å². The molecule has 0 N–H and O–H groups in total. The van der Waals surface area contributed by atoms with Crippen molar-refractivity contribution in [3.8, 4) is 0 Å². The molecule has 1 unspecified atom stereocenters. The maximum atomic E-state index is 4.92. The first-order valence-electron chi connectivity index (χ1n) is 9.70. The Morgan fingerprint density at radius 3 is 2.38 bits per heavy atom. The van der Waals surface area contributed by atoms with Crippen LogP contribution in [0.25, 0.3) is 0 Å². The van der Waals surface area contributed by atoms with Gasteiger partial charge in [0.1, 0.15) is 11.6 Å². The summed E-state index contributed by atoms with van der Waals surface area (Å²) in [5.74, 6) is 3.75. The highest BCUT2D eigenvalue weighted by atomic mass is 15.3. The van der Waals surface area contributed by atoms with Crippen molar-refractivity contribution in [2.24, 2.45) is 5.92 Å². The topological polar surface area (TPSA) is 48.4 Å². The van der Waals surface area contributed by atoms with E-state index < -0.39 is 0 Å². The summed E-state index contributed by atoms with van der Waals surface area (Å²) in [4.78, 5) is 21.2. The fourth-order valence-corrected chi connectivity index (χ4v) is 3.92. The van der Waals surface area contributed by atoms with Crippen molar-refractivity contribution in [1.82, 2.24) is 15.0 Å². The Morgan fingerprint density at radius 2 is 1.69 bits per heavy atom. The molecule has 2 fully saturated rings. The van der Waals surface area contributed by atoms with Crippen molar-refractivity contribution in [3.05, 3.63) is 36.2 Å². The Balaban J connectivity index is 1.46. The SMILES string of the molecule is Cc1cc(N2CCN(c3ccccn3)CC2)nc(N2CCCC(C)C2)n1. The maximum Gasteiger partial charge on any atom is 0.227 e. The second-order valence-corrected chi connectivity index (χ2v) is 7.52. The lowest BCUT2D eigenvalue weighted by Crippen LogP contribution is -2.47. The van der Waals surface area contributed by atoms with Crippen molar-refractivity contribution in [2.75, 3.05) is 54.0 Å². The number of rotatable bonds is 3. The molecule has 0 bridgehead atoms. The van der Waals surface area contributed by atoms with Crippen LogP contribution in [-0.2, 0) is 0 Å². The Labute approximate surface area is 155 Å². The largest absolute Gasteiger partial charge is 0.353 e. The molecule has 26 heavy (non-hydrogen) atoms. The van der Waals surface area contributed by atoms with Gasteiger partial charge in [-0.15, -0.1) is 0 Å². The molecule has 2 aromatic heterocycles. The van der Waals surface area contributed by atoms with Crippen LogP contribution in [0.5, 0.6) is 0 Å². The normalized spacial score (nSPS) is 21.2. The first-order chi connectivity index (χ1) is 12.7. The van der Waals surface area contributed by atoms with Gasteiger partial charge in [-0.1, -0.05) is 13.0 Å². The number of hydrogen-bond donors (Lipinski definition) is 0. The zero-order chi connectivity index (χ0) is 17.9. The third-order valence-corrected chi connectivity index (χ3v) is 5.35. The van der Waals surface area contributed by atoms with Gasteiger partial charge in [-0.2, -0.15) is 4.98 Å². The van der Waals surface area contributed by atoms with E-state index in [-0.39, 0.29) is 0 Å². The molecule has 2 aromatic rings. The van der Waals surface area contributed by atoms with E-state index in [0.717, 1.165) is 68.5 Å². The Kier molecular flexibility index (Phi) is 4.91. The van der Waals surface area contributed by atoms with Crippen molar-refractivity contribution in [1.29, 1.82) is 0 Å². The smallest absolute Gasteiger partial charge is 0.227 e. The van der Waals surface area contributed by atoms with Gasteiger partial charge in [0.05, 0.1) is 0 Å². The molecule has 0 radical (unpaired) electrons. The molecule has 6 heteroatoms. The fourth-order valence-electron chi connectivity index (χ4n) is 3.92. The average molecular weight is 352 g/mol. The highest BCUT2D eigenvalue weighted by molar-refractivity contribution is 5.48. The summed E-state index contributed by atoms with van der Waals surface area (Å²) < 4.78 is 0. The van der Waals surface area contributed by atoms with E-state index in [1.807, 2.05) is 18.3 Å². The average Bonchev–Trinajstić information content (AvgIpc) is 2.68. The number of anilines is 3. The summed E-state index contributed by atoms with van der Waals surface area (Å²) in [6, 6.07) is 8.22. The molecule has 0 spiro atoms. The lowest BCUT2D eigenvalue weighted by molar-refractivity contribution is 0.441. The van der Waals surface area contributed by atoms with Gasteiger partial charge in [0, 0.05) is 57.2 Å². The van der Waals surface area contributed by atoms with Crippen molar-refractivity contribution < 1.29 is 0 Å². The molecule has 0 aromatic carbocycles. The van der Waals surface area contributed by atoms with Gasteiger partial charge in [0.2, 0.25) is 5.95 Å². The van der Waals surface area contributed by atoms with E-state index >= 15 is 0 Å². The second kappa shape index (κ2) is 7.48. The monoisotopic (exact) mass is 352 g/mol. The van der Waals surface area contributed by atoms with Gasteiger partial charge >= 0.3 is 0 Å². The lowest BCUT2D eigenvalue weighted by atomic mass is 10.0. The molecule has 4 heterocycles. The van der Waals surface area contributed by atoms with Gasteiger partial charge < -0.3 is 14.7 Å². The van der Waals surface area contributed by atoms with Crippen LogP contribution < -0.4 is 14.7 Å². The van der Waals surface area contributed by atoms with Crippen LogP contribution in [-0.4, -0.2) is 54.2 Å². The standard InChI is InChI=1S/C20H28N6/c1-16-6-5-9-26(15-16)20-22-17(2)14-19(23-20)25-12-10-24(11-13-25)18-7-3-4-8-21-18/h3-4,7-8,14,16H,5-6,9-13,15H2,1-2H3. The highest BCUT2D eigenvalue weighted by Crippen LogP contribution is 2.24. The highest BCUT2D eigenvalue weighted by Gasteiger charge is 2.22. The van der Waals surface area contributed by atoms with Crippen molar-refractivity contribution >= 4 is 17.6 Å². The molecule has 2 aliphatic heterocycles. The Hall–Kier alpha value is -2.37. The summed E-state index contributed by atoms with van der Waals surface area (Å²) in [7, 11) is 0. The summed E-state index contributed by atoms with van der Waals surface area (Å²) in [5.41, 5.74) is 1.05. The molecule has 0 saturated carbocycles. The van der Waals surface area contributed by atoms with Crippen LogP contribution in [0.2, 0.25) is 0 Å². The van der Waals surface area contributed by atoms with E-state index in [0.29, 0.717) is 0 Å². The number of piperazine rings is 1. The molecule has 2 saturated heterocycles. The quantitative estimate of drug-likeness (QED) is 0.847. The van der Waals surface area contributed by atoms with Crippen LogP contribution in [0, 0.1) is 12.8 Å². The predicted molar refractivity (Wildman–Crippen MR) is 106 cm³/mol. The zero-order valence-corrected chi connectivity index (χ0v) is 15.8. The van der Waals surface area contributed by atoms with Gasteiger partial charge in [-0.25, -0.2) is 9.97 Å². The minimum absolute atomic E-state index is 0.721. The zero-order valence-electron chi connectivity index (χ0n) is 15.8. The lowest BCUT2D eigenvalue weighted by Gasteiger charge is -2.37. The van der Waals surface area contributed by atoms with E-state index in [4.69, 9.17) is 9.97 Å². The van der Waals surface area contributed by atoms with E-state index in [1.54, 1.807) is 0 Å². The number of nitrogens with zero attached hydrogens (tertiary/aromatic N) is 6. The maximum absolute atomic E-state index is 4.92. The molecule has 0 amide bonds. The van der Waals surface area contributed by atoms with Crippen LogP contribution >= 0.6 is 0 Å². The molecule has 6 nitrogen and oxygen atoms in total. The van der Waals surface area contributed by atoms with Crippen LogP contribution in [0.1, 0.15) is 25.5 Å². The molecule has 1 atom stereocenters. The van der Waals surface area contributed by atoms with Gasteiger partial charge in [-0.05, 0) is 37.8 Å². The van der Waals surface area contributed by atoms with Crippen LogP contribution in [0.4, 0.5) is 17.6 Å². The minimum Gasteiger partial charge on any atom is -0.353 e. The first kappa shape index (κ1) is 17.1. The van der Waals surface area contributed by atoms with E-state index in [9.17, 15) is 0 Å². The number of pyridine rings is 1. The summed E-state index contributed by atoms with van der Waals surface area (Å²) in [6.07, 6.45) is 4.41. The second-order valence-electron chi connectivity index (χ2n) is 7.52. The molecular weight excluding hydrogens is 324 g/mol. The minimum atomic E-state index is 0.721. The van der Waals surface area contributed by atoms with Gasteiger partial charge in [0.25, 0.3) is 0 Å². The van der Waals surface area contributed by atoms with Gasteiger partial charge in [0.15, 0.2) is 0 Å². The number of aromatic nitrogens is 3. The first-order valence-corrected chi connectivity index (χ1v) is 9.70. The fraction of sp³-hybridized carbons (Fsp3) is 0.550. The van der Waals surface area contributed by atoms with Crippen LogP contribution in [0.3, 0.4) is 0 Å². The van der Waals surface area contributed by atoms with E-state index in [2.05, 4.69) is 45.7 Å². The molecular formula is C20H28N6. The molecule has 2 aliphatic rings. The number of hydrogen-bond acceptors (Lipinski definition) is 6. The van der Waals surface area contributed by atoms with Crippen molar-refractivity contribution in [3.63, 3.8) is 0 Å². The molecule has 138 valence electrons. The summed E-state index contributed by atoms with van der Waals surface area (Å²) >= 11 is 0. The molecule has 4 rings (SSSR count).